The first kappa shape index (κ1) is 15.2. The maximum atomic E-state index is 11.6. The minimum atomic E-state index is -3.44. The normalized spacial score (nSPS) is 13.9. The summed E-state index contributed by atoms with van der Waals surface area (Å²) in [5.41, 5.74) is 6.41. The summed E-state index contributed by atoms with van der Waals surface area (Å²) in [6, 6.07) is 6.73. The van der Waals surface area contributed by atoms with E-state index in [-0.39, 0.29) is 12.6 Å². The van der Waals surface area contributed by atoms with E-state index in [1.165, 1.54) is 6.08 Å². The van der Waals surface area contributed by atoms with Crippen molar-refractivity contribution >= 4 is 27.7 Å². The average Bonchev–Trinajstić information content (AvgIpc) is 2.35. The maximum Gasteiger partial charge on any atom is 0.233 e. The number of hydrogen-bond donors (Lipinski definition) is 2. The van der Waals surface area contributed by atoms with Crippen LogP contribution in [0, 0.1) is 0 Å². The Hall–Kier alpha value is -0.880. The molecule has 0 aliphatic rings. The molecule has 0 radical (unpaired) electrons. The Morgan fingerprint density at radius 3 is 2.56 bits per heavy atom. The molecule has 0 aliphatic heterocycles. The second-order valence-corrected chi connectivity index (χ2v) is 6.00. The Morgan fingerprint density at radius 1 is 1.39 bits per heavy atom. The molecular weight excluding hydrogens is 272 g/mol. The lowest BCUT2D eigenvalue weighted by molar-refractivity contribution is 0.572. The van der Waals surface area contributed by atoms with E-state index >= 15 is 0 Å². The third kappa shape index (κ3) is 5.64. The fourth-order valence-corrected chi connectivity index (χ4v) is 2.16. The summed E-state index contributed by atoms with van der Waals surface area (Å²) in [5.74, 6) is 0. The molecule has 100 valence electrons. The van der Waals surface area contributed by atoms with E-state index < -0.39 is 10.0 Å². The van der Waals surface area contributed by atoms with Crippen LogP contribution in [0.5, 0.6) is 0 Å². The highest BCUT2D eigenvalue weighted by Gasteiger charge is 2.07. The van der Waals surface area contributed by atoms with Gasteiger partial charge in [0, 0.05) is 23.0 Å². The number of nitrogens with one attached hydrogen (secondary N) is 1. The third-order valence-electron chi connectivity index (χ3n) is 2.38. The molecule has 0 fully saturated rings. The molecule has 18 heavy (non-hydrogen) atoms. The Bertz CT molecular complexity index is 497. The fraction of sp³-hybridized carbons (Fsp3) is 0.333. The molecule has 3 N–H and O–H groups in total. The number of nitrogens with two attached hydrogens (primary N) is 1. The van der Waals surface area contributed by atoms with Gasteiger partial charge in [0.15, 0.2) is 0 Å². The molecule has 1 rings (SSSR count). The van der Waals surface area contributed by atoms with E-state index in [1.807, 2.05) is 6.92 Å². The molecule has 1 unspecified atom stereocenters. The van der Waals surface area contributed by atoms with Gasteiger partial charge in [-0.2, -0.15) is 0 Å². The lowest BCUT2D eigenvalue weighted by Gasteiger charge is -2.08. The Morgan fingerprint density at radius 2 is 2.00 bits per heavy atom. The van der Waals surface area contributed by atoms with Gasteiger partial charge >= 0.3 is 0 Å². The van der Waals surface area contributed by atoms with Gasteiger partial charge in [-0.3, -0.25) is 0 Å². The summed E-state index contributed by atoms with van der Waals surface area (Å²) < 4.78 is 25.6. The molecule has 6 heteroatoms. The van der Waals surface area contributed by atoms with Crippen LogP contribution >= 0.6 is 11.6 Å². The first-order valence-corrected chi connectivity index (χ1v) is 7.54. The predicted octanol–water partition coefficient (Wildman–Crippen LogP) is 1.97. The van der Waals surface area contributed by atoms with Crippen molar-refractivity contribution in [3.8, 4) is 0 Å². The van der Waals surface area contributed by atoms with Crippen LogP contribution in [0.3, 0.4) is 0 Å². The smallest absolute Gasteiger partial charge is 0.233 e. The van der Waals surface area contributed by atoms with Crippen molar-refractivity contribution in [1.82, 2.24) is 4.72 Å². The molecule has 0 aliphatic carbocycles. The van der Waals surface area contributed by atoms with Gasteiger partial charge in [0.25, 0.3) is 0 Å². The quantitative estimate of drug-likeness (QED) is 0.840. The number of sulfonamides is 1. The van der Waals surface area contributed by atoms with Crippen LogP contribution in [0.15, 0.2) is 29.7 Å². The summed E-state index contributed by atoms with van der Waals surface area (Å²) in [5, 5.41) is 1.74. The fourth-order valence-electron chi connectivity index (χ4n) is 1.16. The summed E-state index contributed by atoms with van der Waals surface area (Å²) in [7, 11) is -3.44. The van der Waals surface area contributed by atoms with Gasteiger partial charge in [0.05, 0.1) is 0 Å². The number of hydrogen-bond acceptors (Lipinski definition) is 3. The van der Waals surface area contributed by atoms with E-state index in [1.54, 1.807) is 24.3 Å². The molecule has 1 aromatic carbocycles. The van der Waals surface area contributed by atoms with Crippen LogP contribution < -0.4 is 10.5 Å². The number of halogens is 1. The second-order valence-electron chi connectivity index (χ2n) is 3.92. The molecule has 0 saturated heterocycles. The van der Waals surface area contributed by atoms with E-state index in [9.17, 15) is 8.42 Å². The van der Waals surface area contributed by atoms with E-state index in [2.05, 4.69) is 4.72 Å². The molecule has 1 atom stereocenters. The third-order valence-corrected chi connectivity index (χ3v) is 3.70. The molecule has 0 heterocycles. The van der Waals surface area contributed by atoms with Crippen molar-refractivity contribution in [3.05, 3.63) is 40.3 Å². The first-order valence-electron chi connectivity index (χ1n) is 5.62. The lowest BCUT2D eigenvalue weighted by atomic mass is 10.2. The minimum Gasteiger partial charge on any atom is -0.327 e. The first-order chi connectivity index (χ1) is 8.43. The highest BCUT2D eigenvalue weighted by atomic mass is 35.5. The van der Waals surface area contributed by atoms with Crippen molar-refractivity contribution in [3.63, 3.8) is 0 Å². The van der Waals surface area contributed by atoms with Gasteiger partial charge in [-0.05, 0) is 30.2 Å². The zero-order valence-electron chi connectivity index (χ0n) is 10.1. The summed E-state index contributed by atoms with van der Waals surface area (Å²) >= 11 is 5.73. The lowest BCUT2D eigenvalue weighted by Crippen LogP contribution is -2.35. The molecule has 0 bridgehead atoms. The monoisotopic (exact) mass is 288 g/mol. The van der Waals surface area contributed by atoms with E-state index in [0.717, 1.165) is 17.4 Å². The molecule has 0 spiro atoms. The largest absolute Gasteiger partial charge is 0.327 e. The minimum absolute atomic E-state index is 0.163. The van der Waals surface area contributed by atoms with Gasteiger partial charge in [0.1, 0.15) is 0 Å². The van der Waals surface area contributed by atoms with Gasteiger partial charge in [-0.15, -0.1) is 0 Å². The maximum absolute atomic E-state index is 11.6. The Balaban J connectivity index is 2.62. The zero-order chi connectivity index (χ0) is 13.6. The Kier molecular flexibility index (Phi) is 5.81. The van der Waals surface area contributed by atoms with Crippen molar-refractivity contribution in [2.45, 2.75) is 19.4 Å². The molecule has 0 aromatic heterocycles. The summed E-state index contributed by atoms with van der Waals surface area (Å²) in [6.45, 7) is 2.15. The second kappa shape index (κ2) is 6.89. The molecule has 1 aromatic rings. The number of rotatable bonds is 6. The summed E-state index contributed by atoms with van der Waals surface area (Å²) in [6.07, 6.45) is 2.24. The van der Waals surface area contributed by atoms with Crippen LogP contribution in [0.2, 0.25) is 5.02 Å². The highest BCUT2D eigenvalue weighted by Crippen LogP contribution is 2.11. The molecule has 4 nitrogen and oxygen atoms in total. The number of benzene rings is 1. The van der Waals surface area contributed by atoms with Gasteiger partial charge < -0.3 is 5.73 Å². The zero-order valence-corrected chi connectivity index (χ0v) is 11.7. The Labute approximate surface area is 113 Å². The van der Waals surface area contributed by atoms with Crippen LogP contribution in [-0.2, 0) is 10.0 Å². The predicted molar refractivity (Wildman–Crippen MR) is 75.7 cm³/mol. The van der Waals surface area contributed by atoms with Crippen molar-refractivity contribution in [1.29, 1.82) is 0 Å². The van der Waals surface area contributed by atoms with Crippen LogP contribution in [0.25, 0.3) is 6.08 Å². The van der Waals surface area contributed by atoms with Crippen LogP contribution in [0.1, 0.15) is 18.9 Å². The van der Waals surface area contributed by atoms with Crippen molar-refractivity contribution in [2.24, 2.45) is 5.73 Å². The SMILES string of the molecule is CCC(N)CNS(=O)(=O)/C=C/c1ccc(Cl)cc1. The summed E-state index contributed by atoms with van der Waals surface area (Å²) in [4.78, 5) is 0. The molecule has 0 amide bonds. The van der Waals surface area contributed by atoms with Crippen molar-refractivity contribution in [2.75, 3.05) is 6.54 Å². The van der Waals surface area contributed by atoms with Gasteiger partial charge in [-0.25, -0.2) is 13.1 Å². The molecule has 0 saturated carbocycles. The standard InChI is InChI=1S/C12H17ClN2O2S/c1-2-12(14)9-15-18(16,17)8-7-10-3-5-11(13)6-4-10/h3-8,12,15H,2,9,14H2,1H3/b8-7+. The average molecular weight is 289 g/mol. The topological polar surface area (TPSA) is 72.2 Å². The highest BCUT2D eigenvalue weighted by molar-refractivity contribution is 7.92. The van der Waals surface area contributed by atoms with Gasteiger partial charge in [-0.1, -0.05) is 30.7 Å². The molecular formula is C12H17ClN2O2S. The van der Waals surface area contributed by atoms with Crippen LogP contribution in [-0.4, -0.2) is 21.0 Å². The van der Waals surface area contributed by atoms with E-state index in [0.29, 0.717) is 5.02 Å². The van der Waals surface area contributed by atoms with Gasteiger partial charge in [0.2, 0.25) is 10.0 Å². The van der Waals surface area contributed by atoms with E-state index in [4.69, 9.17) is 17.3 Å². The van der Waals surface area contributed by atoms with Crippen molar-refractivity contribution < 1.29 is 8.42 Å². The van der Waals surface area contributed by atoms with Crippen LogP contribution in [0.4, 0.5) is 0 Å².